The monoisotopic (exact) mass is 461 g/mol. The second-order valence-corrected chi connectivity index (χ2v) is 8.95. The number of aromatic nitrogens is 3. The molecule has 0 fully saturated rings. The van der Waals surface area contributed by atoms with Crippen LogP contribution in [0.4, 0.5) is 4.39 Å². The Labute approximate surface area is 189 Å². The lowest BCUT2D eigenvalue weighted by Crippen LogP contribution is -2.09. The molecule has 0 saturated carbocycles. The molecule has 7 nitrogen and oxygen atoms in total. The summed E-state index contributed by atoms with van der Waals surface area (Å²) < 4.78 is 41.0. The van der Waals surface area contributed by atoms with Gasteiger partial charge in [0, 0.05) is 29.7 Å². The number of pyridine rings is 1. The number of aromatic carboxylic acids is 1. The van der Waals surface area contributed by atoms with Gasteiger partial charge in [-0.3, -0.25) is 4.98 Å². The number of benzene rings is 2. The van der Waals surface area contributed by atoms with Crippen molar-refractivity contribution in [3.63, 3.8) is 0 Å². The van der Waals surface area contributed by atoms with Gasteiger partial charge in [-0.2, -0.15) is 5.10 Å². The molecule has 2 aromatic carbocycles. The molecule has 164 valence electrons. The van der Waals surface area contributed by atoms with Crippen LogP contribution in [0.1, 0.15) is 27.2 Å². The maximum atomic E-state index is 13.2. The van der Waals surface area contributed by atoms with E-state index in [-0.39, 0.29) is 16.0 Å². The molecular weight excluding hydrogens is 445 g/mol. The van der Waals surface area contributed by atoms with Gasteiger partial charge in [0.05, 0.1) is 27.6 Å². The number of carboxylic acid groups (broad SMARTS) is 1. The van der Waals surface area contributed by atoms with E-state index in [2.05, 4.69) is 21.9 Å². The highest BCUT2D eigenvalue weighted by Crippen LogP contribution is 2.22. The molecule has 1 N–H and O–H groups in total. The molecule has 0 saturated heterocycles. The normalized spacial score (nSPS) is 10.9. The third kappa shape index (κ3) is 5.14. The van der Waals surface area contributed by atoms with Gasteiger partial charge < -0.3 is 5.11 Å². The summed E-state index contributed by atoms with van der Waals surface area (Å²) in [4.78, 5) is 15.2. The maximum absolute atomic E-state index is 13.2. The molecule has 0 atom stereocenters. The molecule has 0 radical (unpaired) electrons. The number of sulfone groups is 1. The van der Waals surface area contributed by atoms with Gasteiger partial charge in [-0.1, -0.05) is 11.8 Å². The van der Waals surface area contributed by atoms with Gasteiger partial charge in [0.1, 0.15) is 5.82 Å². The summed E-state index contributed by atoms with van der Waals surface area (Å²) in [6.07, 6.45) is 4.84. The zero-order valence-electron chi connectivity index (χ0n) is 17.0. The second-order valence-electron chi connectivity index (χ2n) is 6.99. The summed E-state index contributed by atoms with van der Waals surface area (Å²) in [6.45, 7) is 0. The second kappa shape index (κ2) is 9.06. The molecule has 0 aliphatic rings. The van der Waals surface area contributed by atoms with Crippen LogP contribution in [-0.2, 0) is 15.6 Å². The fourth-order valence-corrected chi connectivity index (χ4v) is 4.48. The fraction of sp³-hybridized carbons (Fsp3) is 0.0417. The Bertz CT molecular complexity index is 1490. The van der Waals surface area contributed by atoms with Crippen LogP contribution in [0, 0.1) is 17.7 Å². The third-order valence-corrected chi connectivity index (χ3v) is 6.36. The van der Waals surface area contributed by atoms with E-state index in [0.717, 1.165) is 5.69 Å². The molecule has 4 rings (SSSR count). The van der Waals surface area contributed by atoms with Gasteiger partial charge >= 0.3 is 5.97 Å². The van der Waals surface area contributed by atoms with E-state index in [1.54, 1.807) is 36.8 Å². The van der Waals surface area contributed by atoms with Crippen molar-refractivity contribution in [1.82, 2.24) is 14.8 Å². The minimum Gasteiger partial charge on any atom is -0.478 e. The van der Waals surface area contributed by atoms with E-state index in [9.17, 15) is 22.7 Å². The summed E-state index contributed by atoms with van der Waals surface area (Å²) in [6, 6.07) is 14.1. The zero-order chi connectivity index (χ0) is 23.4. The first-order chi connectivity index (χ1) is 15.8. The molecule has 0 unspecified atom stereocenters. The Morgan fingerprint density at radius 2 is 1.73 bits per heavy atom. The predicted octanol–water partition coefficient (Wildman–Crippen LogP) is 3.48. The Morgan fingerprint density at radius 1 is 1.00 bits per heavy atom. The highest BCUT2D eigenvalue weighted by Gasteiger charge is 2.22. The van der Waals surface area contributed by atoms with Crippen LogP contribution in [-0.4, -0.2) is 34.3 Å². The molecule has 4 aromatic rings. The lowest BCUT2D eigenvalue weighted by atomic mass is 10.1. The van der Waals surface area contributed by atoms with Crippen LogP contribution in [0.15, 0.2) is 84.1 Å². The number of hydrogen-bond acceptors (Lipinski definition) is 5. The molecule has 0 spiro atoms. The van der Waals surface area contributed by atoms with Crippen LogP contribution in [0.5, 0.6) is 0 Å². The van der Waals surface area contributed by atoms with Crippen molar-refractivity contribution in [3.8, 4) is 17.5 Å². The topological polar surface area (TPSA) is 102 Å². The van der Waals surface area contributed by atoms with E-state index in [4.69, 9.17) is 0 Å². The number of carboxylic acids is 1. The summed E-state index contributed by atoms with van der Waals surface area (Å²) in [5.74, 6) is 3.44. The van der Waals surface area contributed by atoms with Crippen molar-refractivity contribution in [3.05, 3.63) is 107 Å². The quantitative estimate of drug-likeness (QED) is 0.457. The fourth-order valence-electron chi connectivity index (χ4n) is 3.06. The van der Waals surface area contributed by atoms with E-state index in [1.165, 1.54) is 47.1 Å². The first-order valence-electron chi connectivity index (χ1n) is 9.64. The van der Waals surface area contributed by atoms with Crippen molar-refractivity contribution in [2.24, 2.45) is 0 Å². The standard InChI is InChI=1S/C24H16FN3O4S/c25-20-6-2-17(3-7-20)1-4-18-15-19(24(29)30)5-8-23(18)33(31,32)16-21-11-14-28(27-21)22-9-12-26-13-10-22/h2-3,5-15H,16H2,(H,29,30). The Kier molecular flexibility index (Phi) is 6.02. The van der Waals surface area contributed by atoms with E-state index < -0.39 is 27.4 Å². The Morgan fingerprint density at radius 3 is 2.42 bits per heavy atom. The average molecular weight is 461 g/mol. The summed E-state index contributed by atoms with van der Waals surface area (Å²) in [5, 5.41) is 13.6. The lowest BCUT2D eigenvalue weighted by molar-refractivity contribution is 0.0696. The first kappa shape index (κ1) is 21.9. The zero-order valence-corrected chi connectivity index (χ0v) is 17.8. The van der Waals surface area contributed by atoms with Gasteiger partial charge in [0.15, 0.2) is 9.84 Å². The third-order valence-electron chi connectivity index (χ3n) is 4.66. The molecule has 9 heteroatoms. The largest absolute Gasteiger partial charge is 0.478 e. The highest BCUT2D eigenvalue weighted by molar-refractivity contribution is 7.90. The molecule has 2 heterocycles. The minimum absolute atomic E-state index is 0.0350. The summed E-state index contributed by atoms with van der Waals surface area (Å²) in [7, 11) is -3.91. The van der Waals surface area contributed by atoms with E-state index in [1.807, 2.05) is 0 Å². The van der Waals surface area contributed by atoms with Crippen molar-refractivity contribution >= 4 is 15.8 Å². The Hall–Kier alpha value is -4.29. The molecule has 33 heavy (non-hydrogen) atoms. The smallest absolute Gasteiger partial charge is 0.335 e. The van der Waals surface area contributed by atoms with Crippen molar-refractivity contribution in [2.75, 3.05) is 0 Å². The molecule has 0 bridgehead atoms. The minimum atomic E-state index is -3.91. The highest BCUT2D eigenvalue weighted by atomic mass is 32.2. The molecule has 0 amide bonds. The molecule has 0 aliphatic heterocycles. The van der Waals surface area contributed by atoms with Gasteiger partial charge in [-0.05, 0) is 60.7 Å². The Balaban J connectivity index is 1.69. The average Bonchev–Trinajstić information content (AvgIpc) is 3.27. The van der Waals surface area contributed by atoms with Crippen LogP contribution in [0.25, 0.3) is 5.69 Å². The van der Waals surface area contributed by atoms with Gasteiger partial charge in [0.25, 0.3) is 0 Å². The van der Waals surface area contributed by atoms with Gasteiger partial charge in [-0.25, -0.2) is 22.3 Å². The van der Waals surface area contributed by atoms with E-state index >= 15 is 0 Å². The molecule has 2 aromatic heterocycles. The van der Waals surface area contributed by atoms with Crippen LogP contribution >= 0.6 is 0 Å². The van der Waals surface area contributed by atoms with Crippen LogP contribution in [0.3, 0.4) is 0 Å². The van der Waals surface area contributed by atoms with Crippen LogP contribution < -0.4 is 0 Å². The van der Waals surface area contributed by atoms with Crippen molar-refractivity contribution in [1.29, 1.82) is 0 Å². The SMILES string of the molecule is O=C(O)c1ccc(S(=O)(=O)Cc2ccn(-c3ccncc3)n2)c(C#Cc2ccc(F)cc2)c1. The van der Waals surface area contributed by atoms with Crippen molar-refractivity contribution in [2.45, 2.75) is 10.6 Å². The van der Waals surface area contributed by atoms with E-state index in [0.29, 0.717) is 11.3 Å². The predicted molar refractivity (Wildman–Crippen MR) is 118 cm³/mol. The number of rotatable bonds is 5. The summed E-state index contributed by atoms with van der Waals surface area (Å²) in [5.41, 5.74) is 1.43. The maximum Gasteiger partial charge on any atom is 0.335 e. The lowest BCUT2D eigenvalue weighted by Gasteiger charge is -2.07. The number of carbonyl (C=O) groups is 1. The van der Waals surface area contributed by atoms with Crippen LogP contribution in [0.2, 0.25) is 0 Å². The van der Waals surface area contributed by atoms with Gasteiger partial charge in [-0.15, -0.1) is 0 Å². The molecule has 0 aliphatic carbocycles. The first-order valence-corrected chi connectivity index (χ1v) is 11.3. The van der Waals surface area contributed by atoms with Crippen molar-refractivity contribution < 1.29 is 22.7 Å². The number of nitrogens with zero attached hydrogens (tertiary/aromatic N) is 3. The number of hydrogen-bond donors (Lipinski definition) is 1. The van der Waals surface area contributed by atoms with Gasteiger partial charge in [0.2, 0.25) is 0 Å². The molecular formula is C24H16FN3O4S. The summed E-state index contributed by atoms with van der Waals surface area (Å²) >= 11 is 0. The number of halogens is 1.